The van der Waals surface area contributed by atoms with Gasteiger partial charge in [-0.05, 0) is 40.2 Å². The summed E-state index contributed by atoms with van der Waals surface area (Å²) in [5.74, 6) is 2.54. The Morgan fingerprint density at radius 1 is 0.926 bits per heavy atom. The number of hydrogen-bond acceptors (Lipinski definition) is 6. The Hall–Kier alpha value is 0.810. The van der Waals surface area contributed by atoms with Crippen LogP contribution in [0.15, 0.2) is 46.0 Å². The van der Waals surface area contributed by atoms with Gasteiger partial charge in [0.2, 0.25) is 0 Å². The first-order chi connectivity index (χ1) is 11.0. The van der Waals surface area contributed by atoms with E-state index in [1.807, 2.05) is 24.4 Å². The van der Waals surface area contributed by atoms with Crippen LogP contribution in [0.5, 0.6) is 0 Å². The summed E-state index contributed by atoms with van der Waals surface area (Å²) in [7, 11) is 0. The van der Waals surface area contributed by atoms with Crippen LogP contribution in [0.4, 0.5) is 11.6 Å². The van der Waals surface area contributed by atoms with E-state index < -0.39 is 0 Å². The molecule has 0 amide bonds. The molecule has 0 unspecified atom stereocenters. The molecule has 4 nitrogen and oxygen atoms in total. The number of halogens is 2. The van der Waals surface area contributed by atoms with E-state index in [1.54, 1.807) is 24.0 Å². The Balaban J connectivity index is -0.000000155. The second kappa shape index (κ2) is 18.8. The quantitative estimate of drug-likeness (QED) is 0.114. The van der Waals surface area contributed by atoms with Crippen molar-refractivity contribution in [2.45, 2.75) is 51.2 Å². The monoisotopic (exact) mass is 594 g/mol. The maximum atomic E-state index is 5.47. The Labute approximate surface area is 223 Å². The SMILES string of the molecule is CC(C)(C)Sc1ccc(N)nc1.C[C-](C)C.Nc1ccc(Br)cn1.[I-].[Na+].[SH-]. The van der Waals surface area contributed by atoms with Crippen molar-refractivity contribution in [1.29, 1.82) is 0 Å². The van der Waals surface area contributed by atoms with Gasteiger partial charge in [-0.2, -0.15) is 20.8 Å². The Kier molecular flexibility index (Phi) is 24.6. The van der Waals surface area contributed by atoms with Gasteiger partial charge in [-0.1, -0.05) is 20.8 Å². The molecular weight excluding hydrogens is 566 g/mol. The van der Waals surface area contributed by atoms with Crippen molar-refractivity contribution in [3.05, 3.63) is 47.0 Å². The molecule has 2 aromatic rings. The zero-order valence-electron chi connectivity index (χ0n) is 17.1. The molecule has 9 heteroatoms. The van der Waals surface area contributed by atoms with Crippen LogP contribution in [0.2, 0.25) is 0 Å². The molecule has 2 rings (SSSR count). The van der Waals surface area contributed by atoms with E-state index in [-0.39, 0.29) is 71.8 Å². The minimum absolute atomic E-state index is 0. The summed E-state index contributed by atoms with van der Waals surface area (Å²) in [6.07, 6.45) is 3.47. The largest absolute Gasteiger partial charge is 1.00 e. The van der Waals surface area contributed by atoms with Crippen molar-refractivity contribution < 1.29 is 53.5 Å². The van der Waals surface area contributed by atoms with Crippen LogP contribution in [0.1, 0.15) is 41.5 Å². The average molecular weight is 595 g/mol. The third-order valence-electron chi connectivity index (χ3n) is 1.93. The molecule has 0 aliphatic rings. The second-order valence-electron chi connectivity index (χ2n) is 6.53. The maximum absolute atomic E-state index is 5.47. The van der Waals surface area contributed by atoms with Crippen LogP contribution < -0.4 is 65.0 Å². The van der Waals surface area contributed by atoms with Gasteiger partial charge in [0, 0.05) is 26.5 Å². The van der Waals surface area contributed by atoms with Crippen LogP contribution in [-0.2, 0) is 13.5 Å². The van der Waals surface area contributed by atoms with E-state index in [4.69, 9.17) is 11.5 Å². The minimum Gasteiger partial charge on any atom is -1.00 e. The molecule has 0 atom stereocenters. The van der Waals surface area contributed by atoms with E-state index in [0.29, 0.717) is 11.6 Å². The number of nitrogens with zero attached hydrogens (tertiary/aromatic N) is 2. The van der Waals surface area contributed by atoms with Gasteiger partial charge in [-0.25, -0.2) is 9.97 Å². The molecule has 0 saturated heterocycles. The van der Waals surface area contributed by atoms with Crippen LogP contribution in [-0.4, -0.2) is 14.7 Å². The number of thiol groups is 1. The molecule has 0 radical (unpaired) electrons. The second-order valence-corrected chi connectivity index (χ2v) is 9.35. The smallest absolute Gasteiger partial charge is 1.00 e. The molecule has 2 heterocycles. The molecule has 0 aromatic carbocycles. The first kappa shape index (κ1) is 35.3. The van der Waals surface area contributed by atoms with Gasteiger partial charge >= 0.3 is 29.6 Å². The van der Waals surface area contributed by atoms with Gasteiger partial charge < -0.3 is 54.9 Å². The van der Waals surface area contributed by atoms with E-state index in [9.17, 15) is 0 Å². The van der Waals surface area contributed by atoms with Gasteiger partial charge in [0.05, 0.1) is 0 Å². The Bertz CT molecular complexity index is 556. The number of rotatable bonds is 1. The van der Waals surface area contributed by atoms with Gasteiger partial charge in [0.25, 0.3) is 0 Å². The normalized spacial score (nSPS) is 9.19. The van der Waals surface area contributed by atoms with Crippen molar-refractivity contribution in [3.8, 4) is 0 Å². The standard InChI is InChI=1S/C9H14N2S.C5H5BrN2.C4H9.HI.Na.H2S/c1-9(2,3)12-7-4-5-8(10)11-6-7;6-4-1-2-5(7)8-3-4;1-4(2)3;;;/h4-6H,1-3H3,(H2,10,11);1-3H,(H2,7,8);1-3H3;1H;;1H2/q;;-1;;+1;/p-2. The zero-order valence-corrected chi connectivity index (χ0v) is 24.6. The van der Waals surface area contributed by atoms with Gasteiger partial charge in [0.1, 0.15) is 11.6 Å². The van der Waals surface area contributed by atoms with Crippen LogP contribution in [0, 0.1) is 5.92 Å². The molecule has 0 aliphatic carbocycles. The molecule has 0 fully saturated rings. The number of nitrogen functional groups attached to an aromatic ring is 2. The maximum Gasteiger partial charge on any atom is 1.00 e. The van der Waals surface area contributed by atoms with Crippen molar-refractivity contribution in [2.75, 3.05) is 11.5 Å². The van der Waals surface area contributed by atoms with Crippen molar-refractivity contribution in [3.63, 3.8) is 0 Å². The fourth-order valence-electron chi connectivity index (χ4n) is 1.19. The third kappa shape index (κ3) is 24.8. The fourth-order valence-corrected chi connectivity index (χ4v) is 2.38. The Morgan fingerprint density at radius 2 is 1.33 bits per heavy atom. The molecule has 0 spiro atoms. The summed E-state index contributed by atoms with van der Waals surface area (Å²) in [6, 6.07) is 7.42. The van der Waals surface area contributed by atoms with E-state index in [1.165, 1.54) is 5.92 Å². The molecule has 0 bridgehead atoms. The number of anilines is 2. The van der Waals surface area contributed by atoms with Crippen molar-refractivity contribution in [2.24, 2.45) is 0 Å². The van der Waals surface area contributed by atoms with Gasteiger partial charge in [0.15, 0.2) is 0 Å². The zero-order chi connectivity index (χ0) is 18.8. The van der Waals surface area contributed by atoms with E-state index in [2.05, 4.69) is 67.4 Å². The summed E-state index contributed by atoms with van der Waals surface area (Å²) in [5, 5.41) is 0. The average Bonchev–Trinajstić information content (AvgIpc) is 2.43. The molecular formula is C18H29BrIN4NaS2-2. The topological polar surface area (TPSA) is 77.8 Å². The molecule has 150 valence electrons. The van der Waals surface area contributed by atoms with Gasteiger partial charge in [-0.15, -0.1) is 11.8 Å². The van der Waals surface area contributed by atoms with Gasteiger partial charge in [-0.3, -0.25) is 0 Å². The Morgan fingerprint density at radius 3 is 1.59 bits per heavy atom. The summed E-state index contributed by atoms with van der Waals surface area (Å²) in [4.78, 5) is 8.99. The number of hydrogen-bond donors (Lipinski definition) is 2. The van der Waals surface area contributed by atoms with Crippen molar-refractivity contribution in [1.82, 2.24) is 9.97 Å². The summed E-state index contributed by atoms with van der Waals surface area (Å²) in [5.41, 5.74) is 10.8. The minimum atomic E-state index is 0. The summed E-state index contributed by atoms with van der Waals surface area (Å²) < 4.78 is 1.18. The number of aromatic nitrogens is 2. The molecule has 27 heavy (non-hydrogen) atoms. The predicted octanol–water partition coefficient (Wildman–Crippen LogP) is -0.661. The molecule has 0 aliphatic heterocycles. The summed E-state index contributed by atoms with van der Waals surface area (Å²) in [6.45, 7) is 12.8. The number of nitrogens with two attached hydrogens (primary N) is 2. The first-order valence-electron chi connectivity index (χ1n) is 7.54. The molecule has 2 aromatic heterocycles. The van der Waals surface area contributed by atoms with E-state index in [0.717, 1.165) is 9.37 Å². The molecule has 0 saturated carbocycles. The first-order valence-corrected chi connectivity index (χ1v) is 9.15. The van der Waals surface area contributed by atoms with Crippen LogP contribution in [0.3, 0.4) is 0 Å². The third-order valence-corrected chi connectivity index (χ3v) is 3.49. The summed E-state index contributed by atoms with van der Waals surface area (Å²) >= 11 is 5.02. The van der Waals surface area contributed by atoms with Crippen molar-refractivity contribution >= 4 is 52.8 Å². The number of pyridine rings is 2. The number of thioether (sulfide) groups is 1. The van der Waals surface area contributed by atoms with Crippen LogP contribution in [0.25, 0.3) is 0 Å². The van der Waals surface area contributed by atoms with Crippen LogP contribution >= 0.6 is 27.7 Å². The fraction of sp³-hybridized carbons (Fsp3) is 0.389. The van der Waals surface area contributed by atoms with E-state index >= 15 is 0 Å². The molecule has 4 N–H and O–H groups in total. The predicted molar refractivity (Wildman–Crippen MR) is 120 cm³/mol.